The van der Waals surface area contributed by atoms with Crippen LogP contribution in [0.5, 0.6) is 5.75 Å². The highest BCUT2D eigenvalue weighted by Crippen LogP contribution is 2.27. The summed E-state index contributed by atoms with van der Waals surface area (Å²) >= 11 is 5.91. The molecule has 6 nitrogen and oxygen atoms in total. The van der Waals surface area contributed by atoms with Crippen LogP contribution in [0.2, 0.25) is 5.02 Å². The van der Waals surface area contributed by atoms with Gasteiger partial charge in [-0.3, -0.25) is 4.79 Å². The van der Waals surface area contributed by atoms with Crippen molar-refractivity contribution < 1.29 is 23.1 Å². The second-order valence-corrected chi connectivity index (χ2v) is 6.99. The average molecular weight is 336 g/mol. The second kappa shape index (κ2) is 7.11. The molecule has 1 aromatic carbocycles. The number of hydrogen-bond acceptors (Lipinski definition) is 4. The van der Waals surface area contributed by atoms with Crippen LogP contribution in [0.25, 0.3) is 0 Å². The predicted molar refractivity (Wildman–Crippen MR) is 79.2 cm³/mol. The van der Waals surface area contributed by atoms with E-state index in [4.69, 9.17) is 21.4 Å². The van der Waals surface area contributed by atoms with Crippen LogP contribution in [-0.2, 0) is 14.8 Å². The molecule has 0 aliphatic carbocycles. The molecule has 0 heterocycles. The first-order chi connectivity index (χ1) is 9.67. The molecular weight excluding hydrogens is 318 g/mol. The van der Waals surface area contributed by atoms with Crippen LogP contribution in [-0.4, -0.2) is 32.6 Å². The van der Waals surface area contributed by atoms with Crippen LogP contribution in [0.4, 0.5) is 0 Å². The summed E-state index contributed by atoms with van der Waals surface area (Å²) in [6.07, 6.45) is -0.291. The van der Waals surface area contributed by atoms with E-state index >= 15 is 0 Å². The minimum Gasteiger partial charge on any atom is -0.495 e. The lowest BCUT2D eigenvalue weighted by Gasteiger charge is -2.20. The Labute approximate surface area is 129 Å². The summed E-state index contributed by atoms with van der Waals surface area (Å²) in [6.45, 7) is 3.49. The smallest absolute Gasteiger partial charge is 0.304 e. The molecule has 0 saturated carbocycles. The van der Waals surface area contributed by atoms with Crippen molar-refractivity contribution in [3.8, 4) is 5.75 Å². The molecule has 21 heavy (non-hydrogen) atoms. The van der Waals surface area contributed by atoms with Crippen molar-refractivity contribution >= 4 is 27.6 Å². The lowest BCUT2D eigenvalue weighted by Crippen LogP contribution is -2.40. The lowest BCUT2D eigenvalue weighted by atomic mass is 10.0. The molecule has 0 aliphatic rings. The third kappa shape index (κ3) is 4.87. The number of benzene rings is 1. The molecule has 0 radical (unpaired) electrons. The quantitative estimate of drug-likeness (QED) is 0.796. The number of carboxylic acids is 1. The van der Waals surface area contributed by atoms with E-state index in [1.807, 2.05) is 0 Å². The minimum absolute atomic E-state index is 0.0376. The van der Waals surface area contributed by atoms with E-state index in [1.165, 1.54) is 25.3 Å². The molecule has 0 bridgehead atoms. The number of methoxy groups -OCH3 is 1. The molecule has 0 saturated heterocycles. The highest BCUT2D eigenvalue weighted by Gasteiger charge is 2.25. The van der Waals surface area contributed by atoms with Crippen LogP contribution in [0.1, 0.15) is 20.3 Å². The van der Waals surface area contributed by atoms with E-state index < -0.39 is 22.0 Å². The van der Waals surface area contributed by atoms with E-state index in [0.717, 1.165) is 0 Å². The largest absolute Gasteiger partial charge is 0.495 e. The molecule has 2 N–H and O–H groups in total. The Hall–Kier alpha value is -1.31. The zero-order chi connectivity index (χ0) is 16.2. The van der Waals surface area contributed by atoms with Gasteiger partial charge in [-0.2, -0.15) is 0 Å². The Morgan fingerprint density at radius 3 is 2.48 bits per heavy atom. The van der Waals surface area contributed by atoms with Crippen molar-refractivity contribution in [1.29, 1.82) is 0 Å². The van der Waals surface area contributed by atoms with Crippen molar-refractivity contribution in [2.75, 3.05) is 7.11 Å². The summed E-state index contributed by atoms with van der Waals surface area (Å²) in [5.41, 5.74) is 0. The summed E-state index contributed by atoms with van der Waals surface area (Å²) in [4.78, 5) is 10.8. The summed E-state index contributed by atoms with van der Waals surface area (Å²) in [5, 5.41) is 9.01. The maximum absolute atomic E-state index is 12.3. The number of nitrogens with one attached hydrogen (secondary N) is 1. The topological polar surface area (TPSA) is 92.7 Å². The Balaban J connectivity index is 3.04. The molecular formula is C13H18ClNO5S. The average Bonchev–Trinajstić information content (AvgIpc) is 2.36. The number of rotatable bonds is 7. The molecule has 8 heteroatoms. The van der Waals surface area contributed by atoms with E-state index in [1.54, 1.807) is 13.8 Å². The number of ether oxygens (including phenoxy) is 1. The zero-order valence-corrected chi connectivity index (χ0v) is 13.5. The van der Waals surface area contributed by atoms with Gasteiger partial charge >= 0.3 is 5.97 Å². The summed E-state index contributed by atoms with van der Waals surface area (Å²) in [6, 6.07) is 3.36. The third-order valence-corrected chi connectivity index (χ3v) is 4.72. The van der Waals surface area contributed by atoms with E-state index in [9.17, 15) is 13.2 Å². The van der Waals surface area contributed by atoms with Gasteiger partial charge in [0.15, 0.2) is 0 Å². The Kier molecular flexibility index (Phi) is 6.00. The van der Waals surface area contributed by atoms with Gasteiger partial charge in [0.25, 0.3) is 0 Å². The van der Waals surface area contributed by atoms with Crippen molar-refractivity contribution in [3.63, 3.8) is 0 Å². The molecule has 1 rings (SSSR count). The van der Waals surface area contributed by atoms with Gasteiger partial charge in [0.1, 0.15) is 5.75 Å². The van der Waals surface area contributed by atoms with Crippen molar-refractivity contribution in [1.82, 2.24) is 4.72 Å². The lowest BCUT2D eigenvalue weighted by molar-refractivity contribution is -0.137. The number of hydrogen-bond donors (Lipinski definition) is 2. The predicted octanol–water partition coefficient (Wildman–Crippen LogP) is 2.13. The van der Waals surface area contributed by atoms with Gasteiger partial charge in [-0.15, -0.1) is 0 Å². The monoisotopic (exact) mass is 335 g/mol. The zero-order valence-electron chi connectivity index (χ0n) is 12.0. The molecule has 0 spiro atoms. The third-order valence-electron chi connectivity index (χ3n) is 2.94. The maximum atomic E-state index is 12.3. The maximum Gasteiger partial charge on any atom is 0.304 e. The fraction of sp³-hybridized carbons (Fsp3) is 0.462. The minimum atomic E-state index is -3.85. The van der Waals surface area contributed by atoms with Gasteiger partial charge in [0, 0.05) is 6.04 Å². The van der Waals surface area contributed by atoms with Crippen molar-refractivity contribution in [2.24, 2.45) is 5.92 Å². The van der Waals surface area contributed by atoms with Crippen LogP contribution in [0.15, 0.2) is 23.1 Å². The molecule has 0 amide bonds. The molecule has 0 fully saturated rings. The number of aliphatic carboxylic acids is 1. The summed E-state index contributed by atoms with van der Waals surface area (Å²) < 4.78 is 31.9. The molecule has 1 aromatic rings. The number of carboxylic acid groups (broad SMARTS) is 1. The molecule has 0 aliphatic heterocycles. The first kappa shape index (κ1) is 17.7. The van der Waals surface area contributed by atoms with Crippen molar-refractivity contribution in [3.05, 3.63) is 23.2 Å². The summed E-state index contributed by atoms with van der Waals surface area (Å²) in [7, 11) is -2.43. The number of sulfonamides is 1. The van der Waals surface area contributed by atoms with E-state index in [0.29, 0.717) is 5.75 Å². The second-order valence-electron chi connectivity index (χ2n) is 4.87. The summed E-state index contributed by atoms with van der Waals surface area (Å²) in [5.74, 6) is -0.865. The molecule has 118 valence electrons. The fourth-order valence-corrected chi connectivity index (χ4v) is 3.42. The Bertz CT molecular complexity index is 615. The van der Waals surface area contributed by atoms with Gasteiger partial charge in [-0.1, -0.05) is 25.4 Å². The Morgan fingerprint density at radius 1 is 1.43 bits per heavy atom. The normalized spacial score (nSPS) is 13.2. The van der Waals surface area contributed by atoms with Gasteiger partial charge in [0.2, 0.25) is 10.0 Å². The first-order valence-corrected chi connectivity index (χ1v) is 8.11. The fourth-order valence-electron chi connectivity index (χ4n) is 1.68. The van der Waals surface area contributed by atoms with Crippen LogP contribution in [0.3, 0.4) is 0 Å². The Morgan fingerprint density at radius 2 is 2.05 bits per heavy atom. The number of carbonyl (C=O) groups is 1. The molecule has 1 atom stereocenters. The van der Waals surface area contributed by atoms with Crippen LogP contribution >= 0.6 is 11.6 Å². The van der Waals surface area contributed by atoms with Gasteiger partial charge in [0.05, 0.1) is 23.4 Å². The molecule has 0 aromatic heterocycles. The highest BCUT2D eigenvalue weighted by atomic mass is 35.5. The highest BCUT2D eigenvalue weighted by molar-refractivity contribution is 7.89. The first-order valence-electron chi connectivity index (χ1n) is 6.25. The SMILES string of the molecule is COc1ccc(S(=O)(=O)NC(CC(=O)O)C(C)C)cc1Cl. The van der Waals surface area contributed by atoms with Gasteiger partial charge in [-0.05, 0) is 24.1 Å². The van der Waals surface area contributed by atoms with Gasteiger partial charge in [-0.25, -0.2) is 13.1 Å². The van der Waals surface area contributed by atoms with Crippen molar-refractivity contribution in [2.45, 2.75) is 31.2 Å². The van der Waals surface area contributed by atoms with E-state index in [-0.39, 0.29) is 22.3 Å². The number of halogens is 1. The van der Waals surface area contributed by atoms with Crippen LogP contribution < -0.4 is 9.46 Å². The van der Waals surface area contributed by atoms with Crippen LogP contribution in [0, 0.1) is 5.92 Å². The standard InChI is InChI=1S/C13H18ClNO5S/c1-8(2)11(7-13(16)17)15-21(18,19)9-4-5-12(20-3)10(14)6-9/h4-6,8,11,15H,7H2,1-3H3,(H,16,17). The van der Waals surface area contributed by atoms with E-state index in [2.05, 4.69) is 4.72 Å². The van der Waals surface area contributed by atoms with Gasteiger partial charge < -0.3 is 9.84 Å². The molecule has 1 unspecified atom stereocenters.